The van der Waals surface area contributed by atoms with E-state index in [2.05, 4.69) is 28.9 Å². The van der Waals surface area contributed by atoms with Gasteiger partial charge in [0.05, 0.1) is 5.52 Å². The molecule has 1 unspecified atom stereocenters. The van der Waals surface area contributed by atoms with Crippen LogP contribution in [0, 0.1) is 0 Å². The van der Waals surface area contributed by atoms with Crippen LogP contribution in [-0.2, 0) is 0 Å². The molecule has 2 rings (SSSR count). The first-order valence-electron chi connectivity index (χ1n) is 6.96. The van der Waals surface area contributed by atoms with Gasteiger partial charge in [0.1, 0.15) is 0 Å². The van der Waals surface area contributed by atoms with Crippen molar-refractivity contribution in [2.24, 2.45) is 0 Å². The molecule has 0 aliphatic rings. The van der Waals surface area contributed by atoms with E-state index in [1.807, 2.05) is 18.2 Å². The molecular weight excluding hydrogens is 256 g/mol. The summed E-state index contributed by atoms with van der Waals surface area (Å²) < 4.78 is 0. The normalized spacial score (nSPS) is 12.7. The molecule has 2 nitrogen and oxygen atoms in total. The van der Waals surface area contributed by atoms with E-state index in [1.54, 1.807) is 0 Å². The highest BCUT2D eigenvalue weighted by atomic mass is 35.5. The lowest BCUT2D eigenvalue weighted by molar-refractivity contribution is 0.562. The standard InChI is InChI=1S/C16H21ClN2/c1-2-8-13(9-4-3-7-12-17)16-14-10-5-6-11-15(14)18-19-16/h2,5-6,10-11,13H,1,3-4,7-9,12H2,(H,18,19). The van der Waals surface area contributed by atoms with Crippen LogP contribution in [-0.4, -0.2) is 16.1 Å². The molecule has 1 N–H and O–H groups in total. The molecule has 102 valence electrons. The van der Waals surface area contributed by atoms with E-state index in [-0.39, 0.29) is 0 Å². The Morgan fingerprint density at radius 2 is 2.11 bits per heavy atom. The number of rotatable bonds is 8. The van der Waals surface area contributed by atoms with Crippen molar-refractivity contribution >= 4 is 22.5 Å². The molecule has 0 aliphatic heterocycles. The number of nitrogens with one attached hydrogen (secondary N) is 1. The van der Waals surface area contributed by atoms with Crippen molar-refractivity contribution in [2.75, 3.05) is 5.88 Å². The zero-order valence-corrected chi connectivity index (χ0v) is 12.0. The third-order valence-electron chi connectivity index (χ3n) is 3.54. The van der Waals surface area contributed by atoms with E-state index in [9.17, 15) is 0 Å². The number of H-pyrrole nitrogens is 1. The highest BCUT2D eigenvalue weighted by Gasteiger charge is 2.15. The number of aromatic amines is 1. The minimum atomic E-state index is 0.486. The molecule has 2 aromatic rings. The second-order valence-electron chi connectivity index (χ2n) is 4.91. The molecule has 0 saturated heterocycles. The predicted molar refractivity (Wildman–Crippen MR) is 82.8 cm³/mol. The number of hydrogen-bond donors (Lipinski definition) is 1. The zero-order valence-electron chi connectivity index (χ0n) is 11.2. The van der Waals surface area contributed by atoms with Crippen molar-refractivity contribution in [1.29, 1.82) is 0 Å². The van der Waals surface area contributed by atoms with Gasteiger partial charge in [-0.25, -0.2) is 0 Å². The summed E-state index contributed by atoms with van der Waals surface area (Å²) >= 11 is 5.72. The molecule has 1 aromatic heterocycles. The Balaban J connectivity index is 2.11. The maximum absolute atomic E-state index is 5.72. The molecule has 3 heteroatoms. The average Bonchev–Trinajstić information content (AvgIpc) is 2.86. The molecule has 0 aliphatic carbocycles. The summed E-state index contributed by atoms with van der Waals surface area (Å²) in [7, 11) is 0. The Hall–Kier alpha value is -1.28. The molecule has 0 radical (unpaired) electrons. The van der Waals surface area contributed by atoms with Crippen LogP contribution in [0.1, 0.15) is 43.7 Å². The number of alkyl halides is 1. The number of allylic oxidation sites excluding steroid dienone is 1. The smallest absolute Gasteiger partial charge is 0.0923 e. The molecular formula is C16H21ClN2. The lowest BCUT2D eigenvalue weighted by Gasteiger charge is -2.13. The Morgan fingerprint density at radius 1 is 1.26 bits per heavy atom. The van der Waals surface area contributed by atoms with Gasteiger partial charge in [0, 0.05) is 22.9 Å². The second kappa shape index (κ2) is 7.34. The largest absolute Gasteiger partial charge is 0.281 e. The quantitative estimate of drug-likeness (QED) is 0.409. The molecule has 1 aromatic carbocycles. The van der Waals surface area contributed by atoms with E-state index in [4.69, 9.17) is 11.6 Å². The highest BCUT2D eigenvalue weighted by Crippen LogP contribution is 2.30. The Kier molecular flexibility index (Phi) is 5.46. The molecule has 0 bridgehead atoms. The SMILES string of the molecule is C=CCC(CCCCCCl)c1[nH]nc2ccccc12. The first-order chi connectivity index (χ1) is 9.36. The van der Waals surface area contributed by atoms with Gasteiger partial charge in [0.25, 0.3) is 0 Å². The van der Waals surface area contributed by atoms with Gasteiger partial charge in [-0.05, 0) is 25.3 Å². The minimum absolute atomic E-state index is 0.486. The van der Waals surface area contributed by atoms with Crippen LogP contribution < -0.4 is 0 Å². The molecule has 1 heterocycles. The van der Waals surface area contributed by atoms with Crippen LogP contribution in [0.25, 0.3) is 10.9 Å². The van der Waals surface area contributed by atoms with Crippen LogP contribution in [0.3, 0.4) is 0 Å². The number of aromatic nitrogens is 2. The van der Waals surface area contributed by atoms with Crippen LogP contribution in [0.4, 0.5) is 0 Å². The fraction of sp³-hybridized carbons (Fsp3) is 0.438. The lowest BCUT2D eigenvalue weighted by Crippen LogP contribution is -1.99. The highest BCUT2D eigenvalue weighted by molar-refractivity contribution is 6.17. The third-order valence-corrected chi connectivity index (χ3v) is 3.80. The molecule has 19 heavy (non-hydrogen) atoms. The fourth-order valence-electron chi connectivity index (χ4n) is 2.53. The van der Waals surface area contributed by atoms with Gasteiger partial charge in [0.2, 0.25) is 0 Å². The summed E-state index contributed by atoms with van der Waals surface area (Å²) in [6.45, 7) is 3.88. The summed E-state index contributed by atoms with van der Waals surface area (Å²) in [5.74, 6) is 1.25. The number of fused-ring (bicyclic) bond motifs is 1. The summed E-state index contributed by atoms with van der Waals surface area (Å²) in [4.78, 5) is 0. The van der Waals surface area contributed by atoms with Crippen LogP contribution in [0.2, 0.25) is 0 Å². The maximum Gasteiger partial charge on any atom is 0.0923 e. The lowest BCUT2D eigenvalue weighted by atomic mass is 9.92. The molecule has 0 fully saturated rings. The first-order valence-corrected chi connectivity index (χ1v) is 7.50. The van der Waals surface area contributed by atoms with Crippen molar-refractivity contribution in [1.82, 2.24) is 10.2 Å². The number of nitrogens with zero attached hydrogens (tertiary/aromatic N) is 1. The zero-order chi connectivity index (χ0) is 13.5. The molecule has 0 amide bonds. The Bertz CT molecular complexity index is 518. The van der Waals surface area contributed by atoms with Gasteiger partial charge in [-0.2, -0.15) is 5.10 Å². The number of unbranched alkanes of at least 4 members (excludes halogenated alkanes) is 2. The van der Waals surface area contributed by atoms with E-state index in [0.717, 1.165) is 30.7 Å². The van der Waals surface area contributed by atoms with E-state index >= 15 is 0 Å². The number of para-hydroxylation sites is 1. The van der Waals surface area contributed by atoms with Crippen molar-refractivity contribution < 1.29 is 0 Å². The Morgan fingerprint density at radius 3 is 2.89 bits per heavy atom. The van der Waals surface area contributed by atoms with Gasteiger partial charge in [0.15, 0.2) is 0 Å². The van der Waals surface area contributed by atoms with Gasteiger partial charge in [-0.1, -0.05) is 37.1 Å². The van der Waals surface area contributed by atoms with Crippen molar-refractivity contribution in [2.45, 2.75) is 38.0 Å². The fourth-order valence-corrected chi connectivity index (χ4v) is 2.72. The van der Waals surface area contributed by atoms with E-state index in [0.29, 0.717) is 5.92 Å². The van der Waals surface area contributed by atoms with Gasteiger partial charge >= 0.3 is 0 Å². The van der Waals surface area contributed by atoms with Gasteiger partial charge in [-0.3, -0.25) is 5.10 Å². The first kappa shape index (κ1) is 14.1. The Labute approximate surface area is 119 Å². The van der Waals surface area contributed by atoms with E-state index in [1.165, 1.54) is 23.9 Å². The monoisotopic (exact) mass is 276 g/mol. The topological polar surface area (TPSA) is 28.7 Å². The third kappa shape index (κ3) is 3.60. The summed E-state index contributed by atoms with van der Waals surface area (Å²) in [5.41, 5.74) is 2.30. The van der Waals surface area contributed by atoms with Crippen LogP contribution in [0.15, 0.2) is 36.9 Å². The summed E-state index contributed by atoms with van der Waals surface area (Å²) in [5, 5.41) is 8.84. The van der Waals surface area contributed by atoms with E-state index < -0.39 is 0 Å². The summed E-state index contributed by atoms with van der Waals surface area (Å²) in [6.07, 6.45) is 7.66. The maximum atomic E-state index is 5.72. The number of halogens is 1. The molecule has 0 saturated carbocycles. The van der Waals surface area contributed by atoms with Crippen LogP contribution in [0.5, 0.6) is 0 Å². The number of benzene rings is 1. The van der Waals surface area contributed by atoms with Gasteiger partial charge in [-0.15, -0.1) is 18.2 Å². The average molecular weight is 277 g/mol. The predicted octanol–water partition coefficient (Wildman–Crippen LogP) is 5.02. The molecule has 0 spiro atoms. The van der Waals surface area contributed by atoms with Crippen LogP contribution >= 0.6 is 11.6 Å². The van der Waals surface area contributed by atoms with Crippen molar-refractivity contribution in [3.63, 3.8) is 0 Å². The minimum Gasteiger partial charge on any atom is -0.281 e. The number of hydrogen-bond acceptors (Lipinski definition) is 1. The second-order valence-corrected chi connectivity index (χ2v) is 5.29. The van der Waals surface area contributed by atoms with Crippen molar-refractivity contribution in [3.05, 3.63) is 42.6 Å². The molecule has 1 atom stereocenters. The summed E-state index contributed by atoms with van der Waals surface area (Å²) in [6, 6.07) is 8.28. The van der Waals surface area contributed by atoms with Gasteiger partial charge < -0.3 is 0 Å². The van der Waals surface area contributed by atoms with Crippen molar-refractivity contribution in [3.8, 4) is 0 Å².